The SMILES string of the molecule is c1ccc2cc3c(cc2c1)oc1c(-c2c4ccccc4c(-c4c5ccccc5c(-c5cccc6c5oc5cc7ccccc7cc56)c5ccccc45)c4ccccc24)cccc13. The lowest BCUT2D eigenvalue weighted by Crippen LogP contribution is -1.95. The molecule has 2 heteroatoms. The van der Waals surface area contributed by atoms with Gasteiger partial charge in [-0.1, -0.05) is 182 Å². The van der Waals surface area contributed by atoms with Gasteiger partial charge < -0.3 is 8.83 Å². The Morgan fingerprint density at radius 2 is 0.484 bits per heavy atom. The number of hydrogen-bond acceptors (Lipinski definition) is 2. The molecule has 12 aromatic carbocycles. The zero-order chi connectivity index (χ0) is 40.5. The van der Waals surface area contributed by atoms with Crippen molar-refractivity contribution in [2.75, 3.05) is 0 Å². The Hall–Kier alpha value is -8.20. The van der Waals surface area contributed by atoms with Crippen LogP contribution in [-0.2, 0) is 0 Å². The lowest BCUT2D eigenvalue weighted by Gasteiger charge is -2.22. The summed E-state index contributed by atoms with van der Waals surface area (Å²) >= 11 is 0. The normalized spacial score (nSPS) is 12.2. The highest BCUT2D eigenvalue weighted by molar-refractivity contribution is 6.32. The summed E-state index contributed by atoms with van der Waals surface area (Å²) in [5, 5.41) is 18.9. The molecule has 2 aromatic heterocycles. The molecule has 14 rings (SSSR count). The minimum Gasteiger partial charge on any atom is -0.455 e. The highest BCUT2D eigenvalue weighted by Gasteiger charge is 2.25. The molecule has 0 spiro atoms. The molecule has 0 unspecified atom stereocenters. The van der Waals surface area contributed by atoms with Crippen molar-refractivity contribution in [3.05, 3.63) is 206 Å². The molecule has 0 aliphatic carbocycles. The van der Waals surface area contributed by atoms with Crippen LogP contribution in [0.15, 0.2) is 215 Å². The van der Waals surface area contributed by atoms with Gasteiger partial charge in [-0.05, 0) is 100 Å². The lowest BCUT2D eigenvalue weighted by molar-refractivity contribution is 0.670. The largest absolute Gasteiger partial charge is 0.455 e. The van der Waals surface area contributed by atoms with Crippen molar-refractivity contribution < 1.29 is 8.83 Å². The molecular weight excluding hydrogens is 753 g/mol. The van der Waals surface area contributed by atoms with Crippen molar-refractivity contribution >= 4 is 109 Å². The topological polar surface area (TPSA) is 26.3 Å². The van der Waals surface area contributed by atoms with E-state index >= 15 is 0 Å². The van der Waals surface area contributed by atoms with Crippen molar-refractivity contribution in [3.63, 3.8) is 0 Å². The fourth-order valence-corrected chi connectivity index (χ4v) is 10.7. The molecule has 0 atom stereocenters. The highest BCUT2D eigenvalue weighted by Crippen LogP contribution is 2.52. The molecule has 2 nitrogen and oxygen atoms in total. The molecule has 0 fully saturated rings. The molecule has 0 aliphatic heterocycles. The van der Waals surface area contributed by atoms with Gasteiger partial charge in [0.05, 0.1) is 0 Å². The van der Waals surface area contributed by atoms with E-state index in [-0.39, 0.29) is 0 Å². The fourth-order valence-electron chi connectivity index (χ4n) is 10.7. The van der Waals surface area contributed by atoms with Crippen LogP contribution in [0.2, 0.25) is 0 Å². The summed E-state index contributed by atoms with van der Waals surface area (Å²) in [6.45, 7) is 0. The van der Waals surface area contributed by atoms with E-state index in [4.69, 9.17) is 8.83 Å². The summed E-state index contributed by atoms with van der Waals surface area (Å²) in [6, 6.07) is 75.0. The molecule has 62 heavy (non-hydrogen) atoms. The average molecular weight is 787 g/mol. The molecule has 0 saturated carbocycles. The van der Waals surface area contributed by atoms with Gasteiger partial charge in [-0.25, -0.2) is 0 Å². The minimum absolute atomic E-state index is 0.904. The van der Waals surface area contributed by atoms with Gasteiger partial charge in [0.1, 0.15) is 22.3 Å². The van der Waals surface area contributed by atoms with E-state index < -0.39 is 0 Å². The van der Waals surface area contributed by atoms with Crippen molar-refractivity contribution in [2.45, 2.75) is 0 Å². The quantitative estimate of drug-likeness (QED) is 0.167. The van der Waals surface area contributed by atoms with E-state index in [1.54, 1.807) is 0 Å². The second-order valence-electron chi connectivity index (χ2n) is 16.6. The van der Waals surface area contributed by atoms with E-state index in [1.807, 2.05) is 0 Å². The number of fused-ring (bicyclic) bond motifs is 12. The van der Waals surface area contributed by atoms with E-state index in [2.05, 4.69) is 206 Å². The van der Waals surface area contributed by atoms with Crippen LogP contribution in [0.25, 0.3) is 142 Å². The molecule has 0 saturated heterocycles. The van der Waals surface area contributed by atoms with E-state index in [0.29, 0.717) is 0 Å². The van der Waals surface area contributed by atoms with Gasteiger partial charge in [-0.3, -0.25) is 0 Å². The summed E-state index contributed by atoms with van der Waals surface area (Å²) < 4.78 is 13.8. The van der Waals surface area contributed by atoms with Crippen molar-refractivity contribution in [1.82, 2.24) is 0 Å². The molecule has 286 valence electrons. The maximum absolute atomic E-state index is 6.89. The number of furan rings is 2. The molecule has 14 aromatic rings. The van der Waals surface area contributed by atoms with Crippen LogP contribution in [-0.4, -0.2) is 0 Å². The molecule has 0 N–H and O–H groups in total. The fraction of sp³-hybridized carbons (Fsp3) is 0. The lowest BCUT2D eigenvalue weighted by atomic mass is 9.81. The molecule has 0 amide bonds. The Morgan fingerprint density at radius 1 is 0.210 bits per heavy atom. The second-order valence-corrected chi connectivity index (χ2v) is 16.6. The summed E-state index contributed by atoms with van der Waals surface area (Å²) in [6.07, 6.45) is 0. The first-order valence-electron chi connectivity index (χ1n) is 21.3. The molecule has 2 heterocycles. The smallest absolute Gasteiger partial charge is 0.143 e. The summed E-state index contributed by atoms with van der Waals surface area (Å²) in [7, 11) is 0. The van der Waals surface area contributed by atoms with Crippen LogP contribution in [0.4, 0.5) is 0 Å². The van der Waals surface area contributed by atoms with Crippen LogP contribution in [0, 0.1) is 0 Å². The first-order chi connectivity index (χ1) is 30.8. The summed E-state index contributed by atoms with van der Waals surface area (Å²) in [5.74, 6) is 0. The first kappa shape index (κ1) is 33.6. The Morgan fingerprint density at radius 3 is 0.823 bits per heavy atom. The van der Waals surface area contributed by atoms with Crippen LogP contribution >= 0.6 is 0 Å². The van der Waals surface area contributed by atoms with Gasteiger partial charge in [0.2, 0.25) is 0 Å². The van der Waals surface area contributed by atoms with Crippen LogP contribution < -0.4 is 0 Å². The Bertz CT molecular complexity index is 3830. The van der Waals surface area contributed by atoms with E-state index in [0.717, 1.165) is 55.0 Å². The van der Waals surface area contributed by atoms with Crippen molar-refractivity contribution in [1.29, 1.82) is 0 Å². The van der Waals surface area contributed by atoms with Crippen LogP contribution in [0.5, 0.6) is 0 Å². The standard InChI is InChI=1S/C60H34O2/c1-3-17-37-33-53-51(31-35(37)15-1)47-27-13-29-49(59(47)61-53)55-39-19-5-9-23-43(39)57(44-24-10-6-20-40(44)55)58-45-25-11-7-21-41(45)56(42-22-8-12-26-46(42)58)50-30-14-28-48-52-32-36-16-2-4-18-38(36)34-54(52)62-60(48)50/h1-34H. The first-order valence-corrected chi connectivity index (χ1v) is 21.3. The van der Waals surface area contributed by atoms with Gasteiger partial charge in [0.25, 0.3) is 0 Å². The predicted octanol–water partition coefficient (Wildman–Crippen LogP) is 17.4. The monoisotopic (exact) mass is 786 g/mol. The van der Waals surface area contributed by atoms with Gasteiger partial charge in [0, 0.05) is 43.8 Å². The van der Waals surface area contributed by atoms with E-state index in [9.17, 15) is 0 Å². The van der Waals surface area contributed by atoms with Gasteiger partial charge >= 0.3 is 0 Å². The van der Waals surface area contributed by atoms with Crippen molar-refractivity contribution in [3.8, 4) is 33.4 Å². The van der Waals surface area contributed by atoms with Crippen LogP contribution in [0.1, 0.15) is 0 Å². The number of para-hydroxylation sites is 2. The number of rotatable bonds is 3. The van der Waals surface area contributed by atoms with Gasteiger partial charge in [-0.15, -0.1) is 0 Å². The maximum Gasteiger partial charge on any atom is 0.143 e. The van der Waals surface area contributed by atoms with Gasteiger partial charge in [-0.2, -0.15) is 0 Å². The maximum atomic E-state index is 6.89. The number of hydrogen-bond donors (Lipinski definition) is 0. The zero-order valence-electron chi connectivity index (χ0n) is 33.4. The zero-order valence-corrected chi connectivity index (χ0v) is 33.4. The Kier molecular flexibility index (Phi) is 6.86. The molecule has 0 aliphatic rings. The van der Waals surface area contributed by atoms with E-state index in [1.165, 1.54) is 86.9 Å². The Labute approximate surface area is 355 Å². The Balaban J connectivity index is 1.08. The third-order valence-electron chi connectivity index (χ3n) is 13.4. The molecule has 0 radical (unpaired) electrons. The molecule has 0 bridgehead atoms. The number of benzene rings is 12. The van der Waals surface area contributed by atoms with Gasteiger partial charge in [0.15, 0.2) is 0 Å². The van der Waals surface area contributed by atoms with Crippen molar-refractivity contribution in [2.24, 2.45) is 0 Å². The van der Waals surface area contributed by atoms with Crippen LogP contribution in [0.3, 0.4) is 0 Å². The highest BCUT2D eigenvalue weighted by atomic mass is 16.3. The minimum atomic E-state index is 0.904. The summed E-state index contributed by atoms with van der Waals surface area (Å²) in [4.78, 5) is 0. The molecular formula is C60H34O2. The third kappa shape index (κ3) is 4.64. The summed E-state index contributed by atoms with van der Waals surface area (Å²) in [5.41, 5.74) is 10.7. The predicted molar refractivity (Wildman–Crippen MR) is 262 cm³/mol. The second kappa shape index (κ2) is 12.7. The average Bonchev–Trinajstić information content (AvgIpc) is 3.88. The third-order valence-corrected chi connectivity index (χ3v) is 13.4.